The molecule has 1 N–H and O–H groups in total. The van der Waals surface area contributed by atoms with Gasteiger partial charge in [-0.15, -0.1) is 0 Å². The van der Waals surface area contributed by atoms with Crippen molar-refractivity contribution in [1.82, 2.24) is 10.2 Å². The Balaban J connectivity index is 1.87. The molecule has 2 aliphatic rings. The number of piperidine rings is 2. The van der Waals surface area contributed by atoms with E-state index in [1.165, 1.54) is 6.42 Å². The lowest BCUT2D eigenvalue weighted by Crippen LogP contribution is -2.55. The molecule has 0 saturated carbocycles. The number of nitrogens with one attached hydrogen (secondary N) is 1. The fourth-order valence-electron chi connectivity index (χ4n) is 3.14. The molecule has 2 aliphatic heterocycles. The van der Waals surface area contributed by atoms with Crippen molar-refractivity contribution in [1.29, 1.82) is 0 Å². The van der Waals surface area contributed by atoms with E-state index in [4.69, 9.17) is 4.74 Å². The third kappa shape index (κ3) is 3.93. The molecule has 0 spiro atoms. The highest BCUT2D eigenvalue weighted by Crippen LogP contribution is 2.20. The number of nitrogens with zero attached hydrogens (tertiary/aromatic N) is 1. The van der Waals surface area contributed by atoms with Gasteiger partial charge in [0.15, 0.2) is 0 Å². The zero-order chi connectivity index (χ0) is 13.7. The van der Waals surface area contributed by atoms with Gasteiger partial charge in [0.25, 0.3) is 0 Å². The first kappa shape index (κ1) is 14.8. The second kappa shape index (κ2) is 7.25. The van der Waals surface area contributed by atoms with Gasteiger partial charge in [-0.05, 0) is 44.6 Å². The van der Waals surface area contributed by atoms with E-state index in [0.29, 0.717) is 5.92 Å². The molecule has 3 unspecified atom stereocenters. The maximum atomic E-state index is 12.6. The summed E-state index contributed by atoms with van der Waals surface area (Å²) in [4.78, 5) is 14.6. The average molecular weight is 268 g/mol. The zero-order valence-corrected chi connectivity index (χ0v) is 12.4. The number of ether oxygens (including phenoxy) is 1. The Labute approximate surface area is 116 Å². The maximum Gasteiger partial charge on any atom is 0.240 e. The monoisotopic (exact) mass is 268 g/mol. The van der Waals surface area contributed by atoms with E-state index in [0.717, 1.165) is 51.9 Å². The lowest BCUT2D eigenvalue weighted by Gasteiger charge is -2.38. The van der Waals surface area contributed by atoms with E-state index >= 15 is 0 Å². The van der Waals surface area contributed by atoms with E-state index in [-0.39, 0.29) is 18.1 Å². The first-order valence-electron chi connectivity index (χ1n) is 7.86. The largest absolute Gasteiger partial charge is 0.376 e. The molecule has 19 heavy (non-hydrogen) atoms. The highest BCUT2D eigenvalue weighted by atomic mass is 16.5. The Bertz CT molecular complexity index is 296. The van der Waals surface area contributed by atoms with Crippen molar-refractivity contribution >= 4 is 5.91 Å². The molecular weight excluding hydrogens is 240 g/mol. The Morgan fingerprint density at radius 3 is 2.95 bits per heavy atom. The first-order valence-corrected chi connectivity index (χ1v) is 7.86. The van der Waals surface area contributed by atoms with E-state index in [1.807, 2.05) is 4.90 Å². The first-order chi connectivity index (χ1) is 9.22. The lowest BCUT2D eigenvalue weighted by molar-refractivity contribution is -0.139. The van der Waals surface area contributed by atoms with E-state index in [1.54, 1.807) is 0 Å². The lowest BCUT2D eigenvalue weighted by atomic mass is 9.91. The van der Waals surface area contributed by atoms with Crippen LogP contribution in [0, 0.1) is 5.92 Å². The van der Waals surface area contributed by atoms with Crippen molar-refractivity contribution in [3.8, 4) is 0 Å². The Morgan fingerprint density at radius 2 is 2.21 bits per heavy atom. The summed E-state index contributed by atoms with van der Waals surface area (Å²) < 4.78 is 5.81. The molecule has 0 aliphatic carbocycles. The van der Waals surface area contributed by atoms with Crippen LogP contribution in [0.25, 0.3) is 0 Å². The van der Waals surface area contributed by atoms with Gasteiger partial charge in [-0.3, -0.25) is 4.79 Å². The van der Waals surface area contributed by atoms with Crippen LogP contribution in [0.5, 0.6) is 0 Å². The van der Waals surface area contributed by atoms with E-state index < -0.39 is 0 Å². The van der Waals surface area contributed by atoms with Gasteiger partial charge >= 0.3 is 0 Å². The smallest absolute Gasteiger partial charge is 0.240 e. The van der Waals surface area contributed by atoms with Crippen molar-refractivity contribution in [2.75, 3.05) is 26.2 Å². The molecule has 2 saturated heterocycles. The number of hydrogen-bond donors (Lipinski definition) is 1. The summed E-state index contributed by atoms with van der Waals surface area (Å²) in [6.45, 7) is 7.78. The summed E-state index contributed by atoms with van der Waals surface area (Å²) in [5, 5.41) is 3.39. The number of carbonyl (C=O) groups excluding carboxylic acids is 1. The number of rotatable bonds is 4. The van der Waals surface area contributed by atoms with Crippen molar-refractivity contribution in [2.45, 2.75) is 58.1 Å². The number of hydrogen-bond acceptors (Lipinski definition) is 3. The fourth-order valence-corrected chi connectivity index (χ4v) is 3.14. The van der Waals surface area contributed by atoms with Gasteiger partial charge < -0.3 is 15.0 Å². The van der Waals surface area contributed by atoms with Crippen molar-refractivity contribution in [3.05, 3.63) is 0 Å². The quantitative estimate of drug-likeness (QED) is 0.845. The summed E-state index contributed by atoms with van der Waals surface area (Å²) in [7, 11) is 0. The van der Waals surface area contributed by atoms with Crippen LogP contribution in [0.15, 0.2) is 0 Å². The van der Waals surface area contributed by atoms with Crippen LogP contribution in [0.2, 0.25) is 0 Å². The summed E-state index contributed by atoms with van der Waals surface area (Å²) in [6, 6.07) is 0.0266. The molecule has 0 aromatic rings. The van der Waals surface area contributed by atoms with Crippen LogP contribution in [-0.4, -0.2) is 49.2 Å². The Morgan fingerprint density at radius 1 is 1.37 bits per heavy atom. The van der Waals surface area contributed by atoms with Gasteiger partial charge in [0.2, 0.25) is 5.91 Å². The zero-order valence-electron chi connectivity index (χ0n) is 12.4. The van der Waals surface area contributed by atoms with Crippen LogP contribution in [0.3, 0.4) is 0 Å². The molecule has 2 fully saturated rings. The molecule has 0 bridgehead atoms. The molecule has 110 valence electrons. The third-order valence-corrected chi connectivity index (χ3v) is 4.28. The van der Waals surface area contributed by atoms with Crippen molar-refractivity contribution in [2.24, 2.45) is 5.92 Å². The molecule has 0 aromatic heterocycles. The Hall–Kier alpha value is -0.610. The van der Waals surface area contributed by atoms with Gasteiger partial charge in [0.05, 0.1) is 12.1 Å². The number of carbonyl (C=O) groups is 1. The highest BCUT2D eigenvalue weighted by molar-refractivity contribution is 5.82. The van der Waals surface area contributed by atoms with Crippen molar-refractivity contribution < 1.29 is 9.53 Å². The normalized spacial score (nSPS) is 32.3. The molecule has 2 heterocycles. The van der Waals surface area contributed by atoms with Gasteiger partial charge in [-0.2, -0.15) is 0 Å². The molecule has 0 radical (unpaired) electrons. The Kier molecular flexibility index (Phi) is 5.64. The fraction of sp³-hybridized carbons (Fsp3) is 0.933. The second-order valence-corrected chi connectivity index (χ2v) is 5.97. The molecule has 0 aromatic carbocycles. The van der Waals surface area contributed by atoms with Gasteiger partial charge in [0, 0.05) is 19.7 Å². The number of likely N-dealkylation sites (tertiary alicyclic amines) is 1. The summed E-state index contributed by atoms with van der Waals surface area (Å²) >= 11 is 0. The second-order valence-electron chi connectivity index (χ2n) is 5.97. The predicted molar refractivity (Wildman–Crippen MR) is 76.0 cm³/mol. The predicted octanol–water partition coefficient (Wildman–Crippen LogP) is 1.79. The van der Waals surface area contributed by atoms with Crippen LogP contribution < -0.4 is 5.32 Å². The summed E-state index contributed by atoms with van der Waals surface area (Å²) in [5.41, 5.74) is 0. The maximum absolute atomic E-state index is 12.6. The minimum atomic E-state index is 0.0266. The van der Waals surface area contributed by atoms with Crippen LogP contribution in [0.1, 0.15) is 46.0 Å². The summed E-state index contributed by atoms with van der Waals surface area (Å²) in [6.07, 6.45) is 5.81. The van der Waals surface area contributed by atoms with Crippen LogP contribution in [0.4, 0.5) is 0 Å². The molecular formula is C15H28N2O2. The van der Waals surface area contributed by atoms with E-state index in [2.05, 4.69) is 19.2 Å². The molecule has 1 amide bonds. The van der Waals surface area contributed by atoms with Crippen molar-refractivity contribution in [3.63, 3.8) is 0 Å². The summed E-state index contributed by atoms with van der Waals surface area (Å²) in [5.74, 6) is 0.746. The number of amides is 1. The highest BCUT2D eigenvalue weighted by Gasteiger charge is 2.33. The van der Waals surface area contributed by atoms with Crippen LogP contribution in [-0.2, 0) is 9.53 Å². The SMILES string of the molecule is CCCOC1CCCN(C(=O)C2NCCCC2C)C1. The molecule has 4 nitrogen and oxygen atoms in total. The van der Waals surface area contributed by atoms with Crippen LogP contribution >= 0.6 is 0 Å². The van der Waals surface area contributed by atoms with Gasteiger partial charge in [0.1, 0.15) is 0 Å². The molecule has 3 atom stereocenters. The van der Waals surface area contributed by atoms with E-state index in [9.17, 15) is 4.79 Å². The molecule has 4 heteroatoms. The molecule has 2 rings (SSSR count). The van der Waals surface area contributed by atoms with Gasteiger partial charge in [-0.1, -0.05) is 13.8 Å². The minimum Gasteiger partial charge on any atom is -0.376 e. The minimum absolute atomic E-state index is 0.0266. The van der Waals surface area contributed by atoms with Gasteiger partial charge in [-0.25, -0.2) is 0 Å². The third-order valence-electron chi connectivity index (χ3n) is 4.28. The topological polar surface area (TPSA) is 41.6 Å². The standard InChI is InChI=1S/C15H28N2O2/c1-3-10-19-13-7-5-9-17(11-13)15(18)14-12(2)6-4-8-16-14/h12-14,16H,3-11H2,1-2H3. The average Bonchev–Trinajstić information content (AvgIpc) is 2.45.